The van der Waals surface area contributed by atoms with E-state index < -0.39 is 0 Å². The van der Waals surface area contributed by atoms with Gasteiger partial charge in [0.2, 0.25) is 5.91 Å². The number of hydrogen-bond acceptors (Lipinski definition) is 4. The highest BCUT2D eigenvalue weighted by atomic mass is 35.5. The summed E-state index contributed by atoms with van der Waals surface area (Å²) < 4.78 is 0. The van der Waals surface area contributed by atoms with Crippen LogP contribution in [0.25, 0.3) is 6.08 Å². The number of benzene rings is 2. The SMILES string of the molecule is O=C(/C=C/c1ccccc1)Nc1ccc(N2CCN(C(=O)c3cccs3)CC2)c(Cl)c1. The molecule has 1 saturated heterocycles. The van der Waals surface area contributed by atoms with Gasteiger partial charge in [-0.2, -0.15) is 0 Å². The number of thiophene rings is 1. The predicted molar refractivity (Wildman–Crippen MR) is 128 cm³/mol. The molecule has 158 valence electrons. The Balaban J connectivity index is 1.34. The van der Waals surface area contributed by atoms with E-state index in [0.29, 0.717) is 36.9 Å². The fourth-order valence-corrected chi connectivity index (χ4v) is 4.46. The monoisotopic (exact) mass is 451 g/mol. The lowest BCUT2D eigenvalue weighted by molar-refractivity contribution is -0.111. The lowest BCUT2D eigenvalue weighted by atomic mass is 10.2. The van der Waals surface area contributed by atoms with Gasteiger partial charge in [0.25, 0.3) is 5.91 Å². The highest BCUT2D eigenvalue weighted by Gasteiger charge is 2.23. The molecule has 5 nitrogen and oxygen atoms in total. The maximum absolute atomic E-state index is 12.5. The molecule has 1 aromatic heterocycles. The van der Waals surface area contributed by atoms with Crippen molar-refractivity contribution in [1.82, 2.24) is 4.90 Å². The van der Waals surface area contributed by atoms with E-state index in [4.69, 9.17) is 11.6 Å². The first-order valence-corrected chi connectivity index (χ1v) is 11.3. The zero-order valence-electron chi connectivity index (χ0n) is 16.8. The van der Waals surface area contributed by atoms with Gasteiger partial charge in [0.1, 0.15) is 0 Å². The fourth-order valence-electron chi connectivity index (χ4n) is 3.47. The minimum Gasteiger partial charge on any atom is -0.367 e. The molecule has 0 atom stereocenters. The van der Waals surface area contributed by atoms with Crippen LogP contribution in [0.2, 0.25) is 5.02 Å². The number of rotatable bonds is 5. The maximum Gasteiger partial charge on any atom is 0.264 e. The Bertz CT molecular complexity index is 1080. The molecule has 0 aliphatic carbocycles. The molecule has 4 rings (SSSR count). The van der Waals surface area contributed by atoms with Crippen LogP contribution in [0.3, 0.4) is 0 Å². The minimum absolute atomic E-state index is 0.0855. The minimum atomic E-state index is -0.214. The normalized spacial score (nSPS) is 14.1. The summed E-state index contributed by atoms with van der Waals surface area (Å²) in [6.07, 6.45) is 3.27. The number of anilines is 2. The molecule has 2 heterocycles. The van der Waals surface area contributed by atoms with Gasteiger partial charge in [-0.3, -0.25) is 9.59 Å². The number of carbonyl (C=O) groups is 2. The summed E-state index contributed by atoms with van der Waals surface area (Å²) in [7, 11) is 0. The molecule has 2 amide bonds. The van der Waals surface area contributed by atoms with Crippen molar-refractivity contribution in [1.29, 1.82) is 0 Å². The molecule has 0 saturated carbocycles. The summed E-state index contributed by atoms with van der Waals surface area (Å²) in [4.78, 5) is 29.5. The Labute approximate surface area is 190 Å². The van der Waals surface area contributed by atoms with Crippen LogP contribution < -0.4 is 10.2 Å². The van der Waals surface area contributed by atoms with Crippen LogP contribution in [-0.2, 0) is 4.79 Å². The Kier molecular flexibility index (Phi) is 6.70. The smallest absolute Gasteiger partial charge is 0.264 e. The van der Waals surface area contributed by atoms with Crippen LogP contribution >= 0.6 is 22.9 Å². The van der Waals surface area contributed by atoms with E-state index in [9.17, 15) is 9.59 Å². The van der Waals surface area contributed by atoms with Gasteiger partial charge >= 0.3 is 0 Å². The number of hydrogen-bond donors (Lipinski definition) is 1. The predicted octanol–water partition coefficient (Wildman–Crippen LogP) is 5.02. The van der Waals surface area contributed by atoms with Crippen LogP contribution in [0.5, 0.6) is 0 Å². The van der Waals surface area contributed by atoms with Crippen LogP contribution in [0, 0.1) is 0 Å². The standard InChI is InChI=1S/C24H22ClN3O2S/c25-20-17-19(26-23(29)11-8-18-5-2-1-3-6-18)9-10-21(20)27-12-14-28(15-13-27)24(30)22-7-4-16-31-22/h1-11,16-17H,12-15H2,(H,26,29)/b11-8+. The van der Waals surface area contributed by atoms with Crippen molar-refractivity contribution < 1.29 is 9.59 Å². The molecule has 3 aromatic rings. The number of nitrogens with zero attached hydrogens (tertiary/aromatic N) is 2. The van der Waals surface area contributed by atoms with Crippen LogP contribution in [0.1, 0.15) is 15.2 Å². The average molecular weight is 452 g/mol. The Morgan fingerprint density at radius 3 is 2.42 bits per heavy atom. The molecule has 0 radical (unpaired) electrons. The molecule has 31 heavy (non-hydrogen) atoms. The van der Waals surface area contributed by atoms with Gasteiger partial charge in [0.15, 0.2) is 0 Å². The maximum atomic E-state index is 12.5. The van der Waals surface area contributed by atoms with Crippen molar-refractivity contribution in [3.8, 4) is 0 Å². The van der Waals surface area contributed by atoms with Crippen LogP contribution in [0.4, 0.5) is 11.4 Å². The number of halogens is 1. The zero-order chi connectivity index (χ0) is 21.6. The van der Waals surface area contributed by atoms with Gasteiger partial charge in [0.05, 0.1) is 15.6 Å². The number of amides is 2. The zero-order valence-corrected chi connectivity index (χ0v) is 18.4. The average Bonchev–Trinajstić information content (AvgIpc) is 3.33. The third-order valence-corrected chi connectivity index (χ3v) is 6.24. The number of piperazine rings is 1. The van der Waals surface area contributed by atoms with E-state index in [1.54, 1.807) is 12.1 Å². The van der Waals surface area contributed by atoms with Gasteiger partial charge in [0, 0.05) is 37.9 Å². The third-order valence-electron chi connectivity index (χ3n) is 5.08. The molecule has 2 aromatic carbocycles. The molecule has 1 aliphatic heterocycles. The van der Waals surface area contributed by atoms with Crippen molar-refractivity contribution in [2.45, 2.75) is 0 Å². The summed E-state index contributed by atoms with van der Waals surface area (Å²) in [6.45, 7) is 2.72. The Hall–Kier alpha value is -3.09. The van der Waals surface area contributed by atoms with E-state index in [2.05, 4.69) is 10.2 Å². The van der Waals surface area contributed by atoms with Crippen molar-refractivity contribution in [3.05, 3.63) is 87.6 Å². The highest BCUT2D eigenvalue weighted by molar-refractivity contribution is 7.12. The lowest BCUT2D eigenvalue weighted by Crippen LogP contribution is -2.48. The fraction of sp³-hybridized carbons (Fsp3) is 0.167. The Morgan fingerprint density at radius 2 is 1.74 bits per heavy atom. The number of nitrogens with one attached hydrogen (secondary N) is 1. The third kappa shape index (κ3) is 5.34. The summed E-state index contributed by atoms with van der Waals surface area (Å²) in [6, 6.07) is 18.9. The molecular weight excluding hydrogens is 430 g/mol. The molecule has 0 spiro atoms. The summed E-state index contributed by atoms with van der Waals surface area (Å²) >= 11 is 7.98. The van der Waals surface area contributed by atoms with Gasteiger partial charge in [-0.25, -0.2) is 0 Å². The molecule has 1 fully saturated rings. The summed E-state index contributed by atoms with van der Waals surface area (Å²) in [5.74, 6) is -0.129. The topological polar surface area (TPSA) is 52.7 Å². The first-order valence-electron chi connectivity index (χ1n) is 10.0. The molecule has 1 aliphatic rings. The van der Waals surface area contributed by atoms with Crippen molar-refractivity contribution >= 4 is 52.2 Å². The first-order chi connectivity index (χ1) is 15.1. The lowest BCUT2D eigenvalue weighted by Gasteiger charge is -2.36. The second-order valence-electron chi connectivity index (χ2n) is 7.16. The van der Waals surface area contributed by atoms with Crippen molar-refractivity contribution in [2.75, 3.05) is 36.4 Å². The van der Waals surface area contributed by atoms with Crippen LogP contribution in [-0.4, -0.2) is 42.9 Å². The molecule has 0 bridgehead atoms. The molecule has 1 N–H and O–H groups in total. The van der Waals surface area contributed by atoms with Gasteiger partial charge in [-0.15, -0.1) is 11.3 Å². The van der Waals surface area contributed by atoms with E-state index in [1.807, 2.05) is 64.9 Å². The van der Waals surface area contributed by atoms with E-state index in [1.165, 1.54) is 17.4 Å². The van der Waals surface area contributed by atoms with E-state index in [-0.39, 0.29) is 11.8 Å². The van der Waals surface area contributed by atoms with Crippen molar-refractivity contribution in [2.24, 2.45) is 0 Å². The highest BCUT2D eigenvalue weighted by Crippen LogP contribution is 2.30. The summed E-state index contributed by atoms with van der Waals surface area (Å²) in [5, 5.41) is 5.33. The van der Waals surface area contributed by atoms with Gasteiger partial charge in [-0.1, -0.05) is 48.0 Å². The second kappa shape index (κ2) is 9.81. The molecule has 0 unspecified atom stereocenters. The Morgan fingerprint density at radius 1 is 0.968 bits per heavy atom. The largest absolute Gasteiger partial charge is 0.367 e. The quantitative estimate of drug-likeness (QED) is 0.554. The van der Waals surface area contributed by atoms with E-state index >= 15 is 0 Å². The first kappa shape index (κ1) is 21.2. The van der Waals surface area contributed by atoms with Gasteiger partial charge < -0.3 is 15.1 Å². The van der Waals surface area contributed by atoms with Crippen molar-refractivity contribution in [3.63, 3.8) is 0 Å². The number of carbonyl (C=O) groups excluding carboxylic acids is 2. The van der Waals surface area contributed by atoms with Gasteiger partial charge in [-0.05, 0) is 41.3 Å². The second-order valence-corrected chi connectivity index (χ2v) is 8.51. The molecule has 7 heteroatoms. The molecular formula is C24H22ClN3O2S. The summed E-state index contributed by atoms with van der Waals surface area (Å²) in [5.41, 5.74) is 2.51. The van der Waals surface area contributed by atoms with Crippen LogP contribution in [0.15, 0.2) is 72.1 Å². The van der Waals surface area contributed by atoms with E-state index in [0.717, 1.165) is 16.1 Å².